The molecule has 2 aromatic rings. The summed E-state index contributed by atoms with van der Waals surface area (Å²) >= 11 is 7.54. The van der Waals surface area contributed by atoms with Gasteiger partial charge in [-0.3, -0.25) is 9.59 Å². The van der Waals surface area contributed by atoms with E-state index in [2.05, 4.69) is 10.6 Å². The summed E-state index contributed by atoms with van der Waals surface area (Å²) in [5, 5.41) is 6.32. The molecule has 0 spiro atoms. The molecule has 0 bridgehead atoms. The zero-order chi connectivity index (χ0) is 20.8. The molecular weight excluding hydrogens is 408 g/mol. The van der Waals surface area contributed by atoms with Crippen LogP contribution in [0.15, 0.2) is 52.3 Å². The quantitative estimate of drug-likeness (QED) is 0.480. The van der Waals surface area contributed by atoms with Gasteiger partial charge in [-0.1, -0.05) is 41.6 Å². The number of carbonyl (C=O) groups excluding carboxylic acids is 2. The number of halogens is 1. The van der Waals surface area contributed by atoms with Gasteiger partial charge in [-0.2, -0.15) is 0 Å². The fourth-order valence-corrected chi connectivity index (χ4v) is 3.84. The Morgan fingerprint density at radius 2 is 2.07 bits per heavy atom. The average Bonchev–Trinajstić information content (AvgIpc) is 2.69. The van der Waals surface area contributed by atoms with E-state index >= 15 is 0 Å². The summed E-state index contributed by atoms with van der Waals surface area (Å²) in [6.07, 6.45) is 2.70. The Labute approximate surface area is 179 Å². The second kappa shape index (κ2) is 9.96. The maximum absolute atomic E-state index is 12.5. The van der Waals surface area contributed by atoms with Gasteiger partial charge in [-0.05, 0) is 56.2 Å². The van der Waals surface area contributed by atoms with E-state index < -0.39 is 0 Å². The van der Waals surface area contributed by atoms with E-state index in [9.17, 15) is 9.59 Å². The molecule has 0 saturated heterocycles. The van der Waals surface area contributed by atoms with Crippen molar-refractivity contribution in [2.24, 2.45) is 0 Å². The molecule has 0 saturated carbocycles. The van der Waals surface area contributed by atoms with Crippen LogP contribution in [-0.4, -0.2) is 31.1 Å². The minimum Gasteiger partial charge on any atom is -0.379 e. The molecule has 2 amide bonds. The molecule has 29 heavy (non-hydrogen) atoms. The lowest BCUT2D eigenvalue weighted by Gasteiger charge is -2.19. The number of hydrogen-bond donors (Lipinski definition) is 2. The maximum atomic E-state index is 12.5. The van der Waals surface area contributed by atoms with Gasteiger partial charge in [0.2, 0.25) is 0 Å². The predicted molar refractivity (Wildman–Crippen MR) is 118 cm³/mol. The molecule has 1 heterocycles. The molecule has 5 nitrogen and oxygen atoms in total. The first-order valence-electron chi connectivity index (χ1n) is 9.43. The van der Waals surface area contributed by atoms with Gasteiger partial charge in [0.15, 0.2) is 0 Å². The largest absolute Gasteiger partial charge is 0.379 e. The van der Waals surface area contributed by atoms with Crippen LogP contribution in [0, 0.1) is 0 Å². The van der Waals surface area contributed by atoms with Crippen LogP contribution in [0.4, 0.5) is 5.69 Å². The third kappa shape index (κ3) is 5.85. The van der Waals surface area contributed by atoms with Gasteiger partial charge in [0.05, 0.1) is 16.7 Å². The Morgan fingerprint density at radius 3 is 2.83 bits per heavy atom. The van der Waals surface area contributed by atoms with E-state index in [0.717, 1.165) is 16.9 Å². The van der Waals surface area contributed by atoms with Crippen molar-refractivity contribution >= 4 is 46.9 Å². The van der Waals surface area contributed by atoms with Gasteiger partial charge < -0.3 is 15.4 Å². The van der Waals surface area contributed by atoms with Crippen LogP contribution in [0.3, 0.4) is 0 Å². The Balaban J connectivity index is 1.65. The minimum absolute atomic E-state index is 0.172. The van der Waals surface area contributed by atoms with E-state index in [4.69, 9.17) is 16.3 Å². The topological polar surface area (TPSA) is 67.4 Å². The van der Waals surface area contributed by atoms with E-state index in [1.54, 1.807) is 24.3 Å². The molecule has 0 unspecified atom stereocenters. The first-order valence-corrected chi connectivity index (χ1v) is 10.6. The molecule has 2 aromatic carbocycles. The summed E-state index contributed by atoms with van der Waals surface area (Å²) in [6, 6.07) is 12.7. The van der Waals surface area contributed by atoms with Gasteiger partial charge >= 0.3 is 0 Å². The molecule has 7 heteroatoms. The highest BCUT2D eigenvalue weighted by Crippen LogP contribution is 2.39. The molecular formula is C22H23ClN2O3S. The van der Waals surface area contributed by atoms with Crippen molar-refractivity contribution < 1.29 is 14.3 Å². The average molecular weight is 431 g/mol. The second-order valence-corrected chi connectivity index (χ2v) is 8.32. The summed E-state index contributed by atoms with van der Waals surface area (Å²) < 4.78 is 5.46. The molecule has 0 atom stereocenters. The molecule has 0 radical (unpaired) electrons. The number of thioether (sulfide) groups is 1. The van der Waals surface area contributed by atoms with Gasteiger partial charge in [0.25, 0.3) is 11.8 Å². The highest BCUT2D eigenvalue weighted by atomic mass is 35.5. The lowest BCUT2D eigenvalue weighted by Crippen LogP contribution is -2.26. The predicted octanol–water partition coefficient (Wildman–Crippen LogP) is 4.97. The van der Waals surface area contributed by atoms with Crippen molar-refractivity contribution in [1.29, 1.82) is 0 Å². The van der Waals surface area contributed by atoms with E-state index in [0.29, 0.717) is 34.3 Å². The molecule has 3 rings (SSSR count). The van der Waals surface area contributed by atoms with Gasteiger partial charge in [0.1, 0.15) is 0 Å². The Hall–Kier alpha value is -2.28. The van der Waals surface area contributed by atoms with Crippen LogP contribution in [-0.2, 0) is 9.53 Å². The summed E-state index contributed by atoms with van der Waals surface area (Å²) in [7, 11) is 0. The molecule has 152 valence electrons. The first kappa shape index (κ1) is 21.4. The molecule has 0 aromatic heterocycles. The van der Waals surface area contributed by atoms with Gasteiger partial charge in [0, 0.05) is 28.6 Å². The van der Waals surface area contributed by atoms with Gasteiger partial charge in [-0.15, -0.1) is 0 Å². The number of rotatable bonds is 7. The van der Waals surface area contributed by atoms with Crippen molar-refractivity contribution in [2.45, 2.75) is 31.3 Å². The third-order valence-corrected chi connectivity index (χ3v) is 5.63. The number of amides is 2. The number of anilines is 1. The van der Waals surface area contributed by atoms with E-state index in [1.165, 1.54) is 11.8 Å². The van der Waals surface area contributed by atoms with E-state index in [-0.39, 0.29) is 17.9 Å². The normalized spacial score (nSPS) is 14.6. The fraction of sp³-hybridized carbons (Fsp3) is 0.273. The van der Waals surface area contributed by atoms with Crippen LogP contribution >= 0.6 is 23.4 Å². The zero-order valence-electron chi connectivity index (χ0n) is 16.3. The van der Waals surface area contributed by atoms with Crippen LogP contribution in [0.5, 0.6) is 0 Å². The fourth-order valence-electron chi connectivity index (χ4n) is 2.73. The van der Waals surface area contributed by atoms with Crippen LogP contribution in [0.1, 0.15) is 36.2 Å². The highest BCUT2D eigenvalue weighted by Gasteiger charge is 2.22. The summed E-state index contributed by atoms with van der Waals surface area (Å²) in [5.41, 5.74) is 1.92. The molecule has 0 fully saturated rings. The summed E-state index contributed by atoms with van der Waals surface area (Å²) in [4.78, 5) is 26.3. The molecule has 1 aliphatic rings. The Morgan fingerprint density at radius 1 is 1.28 bits per heavy atom. The van der Waals surface area contributed by atoms with Gasteiger partial charge in [-0.25, -0.2) is 0 Å². The summed E-state index contributed by atoms with van der Waals surface area (Å²) in [5.74, 6) is -0.389. The smallest absolute Gasteiger partial charge is 0.262 e. The number of fused-ring (bicyclic) bond motifs is 1. The van der Waals surface area contributed by atoms with E-state index in [1.807, 2.05) is 38.1 Å². The standard InChI is InChI=1S/C22H23ClN2O3S/c1-14(2)28-11-5-10-24-21(26)16-8-9-19-18(12-16)25-22(27)20(29-19)13-15-6-3-4-7-17(15)23/h3-4,6-9,12-14H,5,10-11H2,1-2H3,(H,24,26)(H,25,27). The van der Waals surface area contributed by atoms with Crippen LogP contribution in [0.25, 0.3) is 6.08 Å². The number of ether oxygens (including phenoxy) is 1. The lowest BCUT2D eigenvalue weighted by molar-refractivity contribution is -0.112. The Bertz CT molecular complexity index is 943. The van der Waals surface area contributed by atoms with Crippen LogP contribution < -0.4 is 10.6 Å². The highest BCUT2D eigenvalue weighted by molar-refractivity contribution is 8.04. The van der Waals surface area contributed by atoms with Crippen molar-refractivity contribution in [2.75, 3.05) is 18.5 Å². The lowest BCUT2D eigenvalue weighted by atomic mass is 10.1. The second-order valence-electron chi connectivity index (χ2n) is 6.83. The third-order valence-electron chi connectivity index (χ3n) is 4.18. The number of nitrogens with one attached hydrogen (secondary N) is 2. The summed E-state index contributed by atoms with van der Waals surface area (Å²) in [6.45, 7) is 5.10. The van der Waals surface area contributed by atoms with Crippen molar-refractivity contribution in [3.05, 3.63) is 63.5 Å². The zero-order valence-corrected chi connectivity index (χ0v) is 17.9. The Kier molecular flexibility index (Phi) is 7.36. The molecule has 0 aliphatic carbocycles. The maximum Gasteiger partial charge on any atom is 0.262 e. The van der Waals surface area contributed by atoms with Crippen molar-refractivity contribution in [1.82, 2.24) is 5.32 Å². The number of hydrogen-bond acceptors (Lipinski definition) is 4. The minimum atomic E-state index is -0.217. The van der Waals surface area contributed by atoms with Crippen molar-refractivity contribution in [3.63, 3.8) is 0 Å². The van der Waals surface area contributed by atoms with Crippen molar-refractivity contribution in [3.8, 4) is 0 Å². The SMILES string of the molecule is CC(C)OCCCNC(=O)c1ccc2c(c1)NC(=O)C(=Cc1ccccc1Cl)S2. The molecule has 1 aliphatic heterocycles. The first-order chi connectivity index (χ1) is 13.9. The molecule has 2 N–H and O–H groups in total. The van der Waals surface area contributed by atoms with Crippen LogP contribution in [0.2, 0.25) is 5.02 Å². The number of benzene rings is 2. The number of carbonyl (C=O) groups is 2. The monoisotopic (exact) mass is 430 g/mol.